The van der Waals surface area contributed by atoms with Crippen molar-refractivity contribution < 1.29 is 9.53 Å². The maximum absolute atomic E-state index is 12.1. The SMILES string of the molecule is CSc1n[nH]c2cc(C3=CCN(C(=O)OC(C)(C)C)CC3)ccc12. The van der Waals surface area contributed by atoms with Crippen LogP contribution in [-0.2, 0) is 4.74 Å². The molecular formula is C18H23N3O2S. The first-order valence-corrected chi connectivity index (χ1v) is 9.29. The highest BCUT2D eigenvalue weighted by molar-refractivity contribution is 7.98. The Labute approximate surface area is 146 Å². The fraction of sp³-hybridized carbons (Fsp3) is 0.444. The number of ether oxygens (including phenoxy) is 1. The van der Waals surface area contributed by atoms with Crippen LogP contribution < -0.4 is 0 Å². The van der Waals surface area contributed by atoms with E-state index in [9.17, 15) is 4.79 Å². The van der Waals surface area contributed by atoms with Crippen molar-refractivity contribution in [2.24, 2.45) is 0 Å². The van der Waals surface area contributed by atoms with Crippen LogP contribution in [0.25, 0.3) is 16.5 Å². The third-order valence-electron chi connectivity index (χ3n) is 3.95. The number of H-pyrrole nitrogens is 1. The van der Waals surface area contributed by atoms with Crippen molar-refractivity contribution >= 4 is 34.3 Å². The van der Waals surface area contributed by atoms with Crippen molar-refractivity contribution in [3.8, 4) is 0 Å². The second-order valence-electron chi connectivity index (χ2n) is 6.90. The zero-order chi connectivity index (χ0) is 17.3. The number of benzene rings is 1. The molecule has 5 nitrogen and oxygen atoms in total. The van der Waals surface area contributed by atoms with E-state index in [2.05, 4.69) is 34.5 Å². The van der Waals surface area contributed by atoms with Crippen LogP contribution in [0.3, 0.4) is 0 Å². The van der Waals surface area contributed by atoms with Gasteiger partial charge in [-0.15, -0.1) is 11.8 Å². The van der Waals surface area contributed by atoms with E-state index in [-0.39, 0.29) is 6.09 Å². The van der Waals surface area contributed by atoms with Crippen molar-refractivity contribution in [3.05, 3.63) is 29.8 Å². The van der Waals surface area contributed by atoms with Crippen LogP contribution in [0.5, 0.6) is 0 Å². The number of nitrogens with one attached hydrogen (secondary N) is 1. The number of hydrogen-bond acceptors (Lipinski definition) is 4. The summed E-state index contributed by atoms with van der Waals surface area (Å²) in [7, 11) is 0. The van der Waals surface area contributed by atoms with E-state index < -0.39 is 5.60 Å². The summed E-state index contributed by atoms with van der Waals surface area (Å²) in [6, 6.07) is 6.38. The number of thioether (sulfide) groups is 1. The van der Waals surface area contributed by atoms with Gasteiger partial charge in [0, 0.05) is 18.5 Å². The second-order valence-corrected chi connectivity index (χ2v) is 7.69. The van der Waals surface area contributed by atoms with Crippen LogP contribution in [-0.4, -0.2) is 46.1 Å². The zero-order valence-corrected chi connectivity index (χ0v) is 15.4. The van der Waals surface area contributed by atoms with Gasteiger partial charge in [-0.3, -0.25) is 5.10 Å². The minimum Gasteiger partial charge on any atom is -0.444 e. The average Bonchev–Trinajstić information content (AvgIpc) is 2.95. The van der Waals surface area contributed by atoms with Crippen LogP contribution in [0, 0.1) is 0 Å². The largest absolute Gasteiger partial charge is 0.444 e. The Morgan fingerprint density at radius 3 is 2.79 bits per heavy atom. The topological polar surface area (TPSA) is 58.2 Å². The Hall–Kier alpha value is -1.95. The fourth-order valence-electron chi connectivity index (χ4n) is 2.77. The number of fused-ring (bicyclic) bond motifs is 1. The molecule has 1 N–H and O–H groups in total. The molecular weight excluding hydrogens is 322 g/mol. The highest BCUT2D eigenvalue weighted by Crippen LogP contribution is 2.29. The van der Waals surface area contributed by atoms with Gasteiger partial charge in [0.05, 0.1) is 5.52 Å². The number of aromatic amines is 1. The number of amides is 1. The van der Waals surface area contributed by atoms with Crippen LogP contribution in [0.4, 0.5) is 4.79 Å². The normalized spacial score (nSPS) is 15.5. The molecule has 0 atom stereocenters. The van der Waals surface area contributed by atoms with Gasteiger partial charge in [-0.05, 0) is 56.7 Å². The number of carbonyl (C=O) groups is 1. The summed E-state index contributed by atoms with van der Waals surface area (Å²) in [4.78, 5) is 13.9. The highest BCUT2D eigenvalue weighted by Gasteiger charge is 2.24. The van der Waals surface area contributed by atoms with Crippen molar-refractivity contribution in [1.82, 2.24) is 15.1 Å². The molecule has 1 amide bonds. The summed E-state index contributed by atoms with van der Waals surface area (Å²) in [6.45, 7) is 6.93. The summed E-state index contributed by atoms with van der Waals surface area (Å²) < 4.78 is 5.43. The van der Waals surface area contributed by atoms with Gasteiger partial charge in [-0.2, -0.15) is 5.10 Å². The first-order chi connectivity index (χ1) is 11.4. The molecule has 128 valence electrons. The minimum atomic E-state index is -0.457. The number of aromatic nitrogens is 2. The van der Waals surface area contributed by atoms with E-state index in [0.717, 1.165) is 22.3 Å². The van der Waals surface area contributed by atoms with E-state index >= 15 is 0 Å². The molecule has 6 heteroatoms. The number of carbonyl (C=O) groups excluding carboxylic acids is 1. The molecule has 0 aliphatic carbocycles. The van der Waals surface area contributed by atoms with E-state index in [0.29, 0.717) is 13.1 Å². The number of hydrogen-bond donors (Lipinski definition) is 1. The summed E-state index contributed by atoms with van der Waals surface area (Å²) in [6.07, 6.45) is 4.72. The van der Waals surface area contributed by atoms with Gasteiger partial charge in [-0.1, -0.05) is 12.1 Å². The molecule has 3 rings (SSSR count). The number of nitrogens with zero attached hydrogens (tertiary/aromatic N) is 2. The van der Waals surface area contributed by atoms with E-state index in [1.807, 2.05) is 27.0 Å². The molecule has 0 bridgehead atoms. The zero-order valence-electron chi connectivity index (χ0n) is 14.5. The van der Waals surface area contributed by atoms with Gasteiger partial charge >= 0.3 is 6.09 Å². The van der Waals surface area contributed by atoms with Crippen LogP contribution in [0.15, 0.2) is 29.3 Å². The fourth-order valence-corrected chi connectivity index (χ4v) is 3.31. The van der Waals surface area contributed by atoms with Crippen LogP contribution in [0.2, 0.25) is 0 Å². The van der Waals surface area contributed by atoms with Crippen LogP contribution >= 0.6 is 11.8 Å². The molecule has 2 aromatic rings. The molecule has 0 fully saturated rings. The Balaban J connectivity index is 1.74. The molecule has 2 heterocycles. The van der Waals surface area contributed by atoms with Gasteiger partial charge in [0.2, 0.25) is 0 Å². The molecule has 1 aliphatic rings. The second kappa shape index (κ2) is 6.51. The van der Waals surface area contributed by atoms with E-state index in [1.165, 1.54) is 11.1 Å². The van der Waals surface area contributed by atoms with Crippen molar-refractivity contribution in [1.29, 1.82) is 0 Å². The summed E-state index contributed by atoms with van der Waals surface area (Å²) in [5, 5.41) is 9.58. The monoisotopic (exact) mass is 345 g/mol. The summed E-state index contributed by atoms with van der Waals surface area (Å²) in [5.41, 5.74) is 3.04. The minimum absolute atomic E-state index is 0.244. The van der Waals surface area contributed by atoms with Crippen molar-refractivity contribution in [3.63, 3.8) is 0 Å². The Kier molecular flexibility index (Phi) is 4.58. The molecule has 0 saturated heterocycles. The lowest BCUT2D eigenvalue weighted by Gasteiger charge is -2.29. The molecule has 24 heavy (non-hydrogen) atoms. The van der Waals surface area contributed by atoms with E-state index in [4.69, 9.17) is 4.74 Å². The maximum atomic E-state index is 12.1. The van der Waals surface area contributed by atoms with Crippen molar-refractivity contribution in [2.75, 3.05) is 19.3 Å². The van der Waals surface area contributed by atoms with E-state index in [1.54, 1.807) is 16.7 Å². The highest BCUT2D eigenvalue weighted by atomic mass is 32.2. The molecule has 1 aromatic carbocycles. The first kappa shape index (κ1) is 16.9. The van der Waals surface area contributed by atoms with Gasteiger partial charge in [0.25, 0.3) is 0 Å². The molecule has 0 spiro atoms. The molecule has 1 aromatic heterocycles. The Morgan fingerprint density at radius 2 is 2.17 bits per heavy atom. The molecule has 1 aliphatic heterocycles. The quantitative estimate of drug-likeness (QED) is 0.824. The lowest BCUT2D eigenvalue weighted by Crippen LogP contribution is -2.39. The molecule has 0 unspecified atom stereocenters. The predicted molar refractivity (Wildman–Crippen MR) is 98.3 cm³/mol. The predicted octanol–water partition coefficient (Wildman–Crippen LogP) is 4.31. The standard InChI is InChI=1S/C18H23N3O2S/c1-18(2,3)23-17(22)21-9-7-12(8-10-21)13-5-6-14-15(11-13)19-20-16(14)24-4/h5-7,11H,8-10H2,1-4H3,(H,19,20). The average molecular weight is 345 g/mol. The number of rotatable bonds is 2. The lowest BCUT2D eigenvalue weighted by atomic mass is 9.99. The third kappa shape index (κ3) is 3.59. The molecule has 0 radical (unpaired) electrons. The third-order valence-corrected chi connectivity index (χ3v) is 4.65. The maximum Gasteiger partial charge on any atom is 0.410 e. The Morgan fingerprint density at radius 1 is 1.38 bits per heavy atom. The van der Waals surface area contributed by atoms with Gasteiger partial charge < -0.3 is 9.64 Å². The van der Waals surface area contributed by atoms with Gasteiger partial charge in [-0.25, -0.2) is 4.79 Å². The smallest absolute Gasteiger partial charge is 0.410 e. The van der Waals surface area contributed by atoms with Crippen molar-refractivity contribution in [2.45, 2.75) is 37.8 Å². The first-order valence-electron chi connectivity index (χ1n) is 8.07. The van der Waals surface area contributed by atoms with Gasteiger partial charge in [0.15, 0.2) is 0 Å². The summed E-state index contributed by atoms with van der Waals surface area (Å²) >= 11 is 1.64. The lowest BCUT2D eigenvalue weighted by molar-refractivity contribution is 0.0270. The Bertz CT molecular complexity index is 789. The summed E-state index contributed by atoms with van der Waals surface area (Å²) in [5.74, 6) is 0. The van der Waals surface area contributed by atoms with Gasteiger partial charge in [0.1, 0.15) is 10.6 Å². The van der Waals surface area contributed by atoms with Crippen LogP contribution in [0.1, 0.15) is 32.8 Å². The molecule has 0 saturated carbocycles.